The minimum Gasteiger partial charge on any atom is -0.481 e. The quantitative estimate of drug-likeness (QED) is 0.706. The smallest absolute Gasteiger partial charge is 0.303 e. The van der Waals surface area contributed by atoms with Gasteiger partial charge in [0.25, 0.3) is 0 Å². The van der Waals surface area contributed by atoms with E-state index in [-0.39, 0.29) is 12.4 Å². The summed E-state index contributed by atoms with van der Waals surface area (Å²) in [7, 11) is 0. The molecule has 1 unspecified atom stereocenters. The summed E-state index contributed by atoms with van der Waals surface area (Å²) in [6.45, 7) is 4.35. The van der Waals surface area contributed by atoms with E-state index in [1.807, 2.05) is 0 Å². The van der Waals surface area contributed by atoms with Gasteiger partial charge in [0.15, 0.2) is 0 Å². The zero-order valence-corrected chi connectivity index (χ0v) is 8.69. The minimum absolute atomic E-state index is 0. The highest BCUT2D eigenvalue weighted by molar-refractivity contribution is 5.85. The van der Waals surface area contributed by atoms with Crippen molar-refractivity contribution in [1.29, 1.82) is 0 Å². The summed E-state index contributed by atoms with van der Waals surface area (Å²) in [5.41, 5.74) is 0. The van der Waals surface area contributed by atoms with Crippen molar-refractivity contribution in [2.75, 3.05) is 0 Å². The summed E-state index contributed by atoms with van der Waals surface area (Å²) in [6, 6.07) is 0. The second kappa shape index (κ2) is 8.85. The predicted molar refractivity (Wildman–Crippen MR) is 52.8 cm³/mol. The van der Waals surface area contributed by atoms with Crippen LogP contribution in [-0.2, 0) is 4.79 Å². The highest BCUT2D eigenvalue weighted by atomic mass is 35.5. The fourth-order valence-electron chi connectivity index (χ4n) is 1.24. The predicted octanol–water partition coefficient (Wildman–Crippen LogP) is 3.10. The lowest BCUT2D eigenvalue weighted by Gasteiger charge is -2.07. The maximum atomic E-state index is 10.1. The number of halogens is 1. The summed E-state index contributed by atoms with van der Waals surface area (Å²) >= 11 is 0. The number of carbonyl (C=O) groups is 1. The van der Waals surface area contributed by atoms with Gasteiger partial charge in [-0.25, -0.2) is 0 Å². The molecular weight excluding hydrogens is 176 g/mol. The second-order valence-corrected chi connectivity index (χ2v) is 3.18. The molecule has 0 amide bonds. The van der Waals surface area contributed by atoms with Crippen molar-refractivity contribution < 1.29 is 9.90 Å². The van der Waals surface area contributed by atoms with Crippen molar-refractivity contribution in [2.45, 2.75) is 46.0 Å². The summed E-state index contributed by atoms with van der Waals surface area (Å²) in [6.07, 6.45) is 4.64. The average molecular weight is 195 g/mol. The third-order valence-electron chi connectivity index (χ3n) is 1.87. The van der Waals surface area contributed by atoms with E-state index in [1.165, 1.54) is 12.8 Å². The number of aliphatic carboxylic acids is 1. The van der Waals surface area contributed by atoms with Gasteiger partial charge in [-0.2, -0.15) is 0 Å². The Balaban J connectivity index is 0. The van der Waals surface area contributed by atoms with Gasteiger partial charge >= 0.3 is 5.97 Å². The van der Waals surface area contributed by atoms with Gasteiger partial charge in [0.1, 0.15) is 0 Å². The van der Waals surface area contributed by atoms with Crippen LogP contribution in [0.15, 0.2) is 0 Å². The van der Waals surface area contributed by atoms with Crippen LogP contribution in [0.1, 0.15) is 46.0 Å². The van der Waals surface area contributed by atoms with Gasteiger partial charge in [-0.05, 0) is 12.3 Å². The molecular formula is C9H19ClO2. The molecule has 0 aliphatic heterocycles. The van der Waals surface area contributed by atoms with Crippen molar-refractivity contribution in [3.63, 3.8) is 0 Å². The number of hydrogen-bond donors (Lipinski definition) is 1. The van der Waals surface area contributed by atoms with Crippen LogP contribution in [-0.4, -0.2) is 11.1 Å². The summed E-state index contributed by atoms with van der Waals surface area (Å²) in [5.74, 6) is 0.0213. The first-order valence-electron chi connectivity index (χ1n) is 4.38. The van der Waals surface area contributed by atoms with Gasteiger partial charge in [0, 0.05) is 6.42 Å². The van der Waals surface area contributed by atoms with E-state index in [9.17, 15) is 4.79 Å². The van der Waals surface area contributed by atoms with E-state index in [4.69, 9.17) is 5.11 Å². The van der Waals surface area contributed by atoms with Crippen molar-refractivity contribution in [3.05, 3.63) is 0 Å². The summed E-state index contributed by atoms with van der Waals surface area (Å²) in [4.78, 5) is 10.1. The van der Waals surface area contributed by atoms with Gasteiger partial charge in [-0.15, -0.1) is 12.4 Å². The molecule has 0 heterocycles. The Morgan fingerprint density at radius 2 is 2.00 bits per heavy atom. The Morgan fingerprint density at radius 1 is 1.42 bits per heavy atom. The Hall–Kier alpha value is -0.240. The Bertz CT molecular complexity index is 115. The Morgan fingerprint density at radius 3 is 2.42 bits per heavy atom. The number of carboxylic acids is 1. The van der Waals surface area contributed by atoms with E-state index < -0.39 is 5.97 Å². The molecule has 3 heteroatoms. The molecule has 0 saturated carbocycles. The molecule has 0 aromatic carbocycles. The van der Waals surface area contributed by atoms with E-state index in [2.05, 4.69) is 13.8 Å². The van der Waals surface area contributed by atoms with E-state index in [0.717, 1.165) is 12.8 Å². The van der Waals surface area contributed by atoms with Crippen LogP contribution >= 0.6 is 12.4 Å². The van der Waals surface area contributed by atoms with Crippen LogP contribution < -0.4 is 0 Å². The topological polar surface area (TPSA) is 37.3 Å². The second-order valence-electron chi connectivity index (χ2n) is 3.18. The molecule has 1 N–H and O–H groups in total. The highest BCUT2D eigenvalue weighted by Crippen LogP contribution is 2.13. The normalized spacial score (nSPS) is 11.8. The molecule has 0 rings (SSSR count). The molecule has 2 nitrogen and oxygen atoms in total. The molecule has 0 aliphatic rings. The SMILES string of the molecule is CCCC(C)CCCC(=O)O.Cl. The van der Waals surface area contributed by atoms with Crippen molar-refractivity contribution in [3.8, 4) is 0 Å². The van der Waals surface area contributed by atoms with Crippen molar-refractivity contribution >= 4 is 18.4 Å². The summed E-state index contributed by atoms with van der Waals surface area (Å²) < 4.78 is 0. The number of carboxylic acid groups (broad SMARTS) is 1. The fourth-order valence-corrected chi connectivity index (χ4v) is 1.24. The van der Waals surface area contributed by atoms with Gasteiger partial charge in [-0.1, -0.05) is 33.1 Å². The molecule has 1 atom stereocenters. The van der Waals surface area contributed by atoms with Crippen LogP contribution in [0.2, 0.25) is 0 Å². The molecule has 0 aromatic heterocycles. The molecule has 0 fully saturated rings. The highest BCUT2D eigenvalue weighted by Gasteiger charge is 2.02. The van der Waals surface area contributed by atoms with E-state index in [0.29, 0.717) is 12.3 Å². The molecule has 0 aromatic rings. The molecule has 0 bridgehead atoms. The largest absolute Gasteiger partial charge is 0.481 e. The number of rotatable bonds is 6. The molecule has 74 valence electrons. The van der Waals surface area contributed by atoms with E-state index >= 15 is 0 Å². The first-order valence-corrected chi connectivity index (χ1v) is 4.38. The number of hydrogen-bond acceptors (Lipinski definition) is 1. The zero-order valence-electron chi connectivity index (χ0n) is 7.88. The van der Waals surface area contributed by atoms with Gasteiger partial charge in [0.2, 0.25) is 0 Å². The lowest BCUT2D eigenvalue weighted by atomic mass is 9.99. The standard InChI is InChI=1S/C9H18O2.ClH/c1-3-5-8(2)6-4-7-9(10)11;/h8H,3-7H2,1-2H3,(H,10,11);1H. The van der Waals surface area contributed by atoms with Gasteiger partial charge in [0.05, 0.1) is 0 Å². The molecule has 0 radical (unpaired) electrons. The molecule has 0 spiro atoms. The van der Waals surface area contributed by atoms with Crippen LogP contribution in [0, 0.1) is 5.92 Å². The lowest BCUT2D eigenvalue weighted by molar-refractivity contribution is -0.137. The molecule has 0 aliphatic carbocycles. The van der Waals surface area contributed by atoms with Crippen molar-refractivity contribution in [2.24, 2.45) is 5.92 Å². The monoisotopic (exact) mass is 194 g/mol. The minimum atomic E-state index is -0.673. The van der Waals surface area contributed by atoms with E-state index in [1.54, 1.807) is 0 Å². The Labute approximate surface area is 80.8 Å². The molecule has 12 heavy (non-hydrogen) atoms. The van der Waals surface area contributed by atoms with Crippen molar-refractivity contribution in [1.82, 2.24) is 0 Å². The van der Waals surface area contributed by atoms with Crippen LogP contribution in [0.3, 0.4) is 0 Å². The maximum absolute atomic E-state index is 10.1. The first kappa shape index (κ1) is 14.3. The van der Waals surface area contributed by atoms with Gasteiger partial charge < -0.3 is 5.11 Å². The third kappa shape index (κ3) is 9.76. The summed E-state index contributed by atoms with van der Waals surface area (Å²) in [5, 5.41) is 8.36. The van der Waals surface area contributed by atoms with Crippen LogP contribution in [0.4, 0.5) is 0 Å². The average Bonchev–Trinajstić information content (AvgIpc) is 1.87. The van der Waals surface area contributed by atoms with Gasteiger partial charge in [-0.3, -0.25) is 4.79 Å². The van der Waals surface area contributed by atoms with Crippen LogP contribution in [0.25, 0.3) is 0 Å². The Kier molecular flexibility index (Phi) is 10.5. The molecule has 0 saturated heterocycles. The third-order valence-corrected chi connectivity index (χ3v) is 1.87. The van der Waals surface area contributed by atoms with Crippen LogP contribution in [0.5, 0.6) is 0 Å². The maximum Gasteiger partial charge on any atom is 0.303 e. The fraction of sp³-hybridized carbons (Fsp3) is 0.889. The first-order chi connectivity index (χ1) is 5.16. The lowest BCUT2D eigenvalue weighted by Crippen LogP contribution is -1.98. The zero-order chi connectivity index (χ0) is 8.69.